The number of rotatable bonds is 7. The number of anilines is 1. The van der Waals surface area contributed by atoms with Gasteiger partial charge in [0.2, 0.25) is 5.91 Å². The number of amides is 1. The summed E-state index contributed by atoms with van der Waals surface area (Å²) in [6.45, 7) is 4.20. The van der Waals surface area contributed by atoms with Crippen molar-refractivity contribution < 1.29 is 14.6 Å². The summed E-state index contributed by atoms with van der Waals surface area (Å²) in [7, 11) is 1.63. The first-order valence-corrected chi connectivity index (χ1v) is 9.52. The molecule has 0 aliphatic rings. The van der Waals surface area contributed by atoms with Gasteiger partial charge in [-0.05, 0) is 54.3 Å². The molecule has 150 valence electrons. The fourth-order valence-corrected chi connectivity index (χ4v) is 2.94. The van der Waals surface area contributed by atoms with Crippen molar-refractivity contribution in [1.29, 1.82) is 0 Å². The Bertz CT molecular complexity index is 968. The van der Waals surface area contributed by atoms with E-state index >= 15 is 0 Å². The van der Waals surface area contributed by atoms with Crippen LogP contribution in [0.25, 0.3) is 11.3 Å². The lowest BCUT2D eigenvalue weighted by Crippen LogP contribution is -2.18. The molecular weight excluding hydrogens is 366 g/mol. The first-order chi connectivity index (χ1) is 13.9. The molecule has 6 heteroatoms. The highest BCUT2D eigenvalue weighted by Crippen LogP contribution is 2.24. The van der Waals surface area contributed by atoms with Crippen molar-refractivity contribution in [2.45, 2.75) is 26.7 Å². The minimum Gasteiger partial charge on any atom is -0.508 e. The summed E-state index contributed by atoms with van der Waals surface area (Å²) >= 11 is 0. The molecule has 0 unspecified atom stereocenters. The van der Waals surface area contributed by atoms with Crippen molar-refractivity contribution in [2.75, 3.05) is 12.4 Å². The van der Waals surface area contributed by atoms with E-state index < -0.39 is 0 Å². The number of methoxy groups -OCH3 is 1. The molecule has 3 rings (SSSR count). The molecule has 0 atom stereocenters. The summed E-state index contributed by atoms with van der Waals surface area (Å²) in [4.78, 5) is 21.7. The Morgan fingerprint density at radius 2 is 1.79 bits per heavy atom. The second-order valence-corrected chi connectivity index (χ2v) is 7.27. The maximum atomic E-state index is 12.5. The average Bonchev–Trinajstić information content (AvgIpc) is 2.71. The molecule has 0 spiro atoms. The maximum absolute atomic E-state index is 12.5. The zero-order valence-electron chi connectivity index (χ0n) is 16.8. The Kier molecular flexibility index (Phi) is 6.44. The molecule has 1 aromatic heterocycles. The molecule has 29 heavy (non-hydrogen) atoms. The lowest BCUT2D eigenvalue weighted by molar-refractivity contribution is -0.115. The summed E-state index contributed by atoms with van der Waals surface area (Å²) in [5.74, 6) is 1.63. The summed E-state index contributed by atoms with van der Waals surface area (Å²) < 4.78 is 5.20. The van der Waals surface area contributed by atoms with Gasteiger partial charge < -0.3 is 15.2 Å². The normalized spacial score (nSPS) is 10.8. The third kappa shape index (κ3) is 5.54. The van der Waals surface area contributed by atoms with E-state index in [1.54, 1.807) is 37.6 Å². The number of nitrogens with one attached hydrogen (secondary N) is 1. The largest absolute Gasteiger partial charge is 0.508 e. The molecule has 0 saturated heterocycles. The smallest absolute Gasteiger partial charge is 0.229 e. The van der Waals surface area contributed by atoms with E-state index in [0.29, 0.717) is 18.2 Å². The molecular formula is C23H25N3O3. The van der Waals surface area contributed by atoms with Gasteiger partial charge in [0, 0.05) is 5.56 Å². The van der Waals surface area contributed by atoms with Gasteiger partial charge in [-0.2, -0.15) is 0 Å². The van der Waals surface area contributed by atoms with E-state index in [1.807, 2.05) is 24.3 Å². The van der Waals surface area contributed by atoms with Gasteiger partial charge in [0.25, 0.3) is 0 Å². The first kappa shape index (κ1) is 20.3. The maximum Gasteiger partial charge on any atom is 0.229 e. The molecule has 1 heterocycles. The topological polar surface area (TPSA) is 84.3 Å². The number of phenolic OH excluding ortho intramolecular Hbond substituents is 1. The Morgan fingerprint density at radius 3 is 2.41 bits per heavy atom. The molecule has 0 bridgehead atoms. The molecule has 0 aliphatic carbocycles. The number of aromatic nitrogens is 2. The van der Waals surface area contributed by atoms with Crippen LogP contribution in [0.1, 0.15) is 25.1 Å². The van der Waals surface area contributed by atoms with Crippen molar-refractivity contribution >= 4 is 11.7 Å². The second-order valence-electron chi connectivity index (χ2n) is 7.27. The number of carbonyl (C=O) groups is 1. The zero-order valence-corrected chi connectivity index (χ0v) is 16.8. The molecule has 3 aromatic rings. The van der Waals surface area contributed by atoms with Crippen LogP contribution in [0.2, 0.25) is 0 Å². The van der Waals surface area contributed by atoms with Gasteiger partial charge in [-0.15, -0.1) is 0 Å². The van der Waals surface area contributed by atoms with Crippen LogP contribution in [0.5, 0.6) is 11.5 Å². The van der Waals surface area contributed by atoms with E-state index in [1.165, 1.54) is 0 Å². The Balaban J connectivity index is 1.81. The van der Waals surface area contributed by atoms with E-state index in [-0.39, 0.29) is 18.1 Å². The predicted molar refractivity (Wildman–Crippen MR) is 113 cm³/mol. The third-order valence-corrected chi connectivity index (χ3v) is 4.39. The van der Waals surface area contributed by atoms with Crippen molar-refractivity contribution in [3.8, 4) is 22.8 Å². The highest BCUT2D eigenvalue weighted by Gasteiger charge is 2.14. The van der Waals surface area contributed by atoms with Gasteiger partial charge in [-0.25, -0.2) is 9.97 Å². The molecule has 6 nitrogen and oxygen atoms in total. The summed E-state index contributed by atoms with van der Waals surface area (Å²) in [5, 5.41) is 12.3. The predicted octanol–water partition coefficient (Wildman–Crippen LogP) is 4.24. The number of phenols is 1. The van der Waals surface area contributed by atoms with Gasteiger partial charge in [-0.1, -0.05) is 26.0 Å². The van der Waals surface area contributed by atoms with Gasteiger partial charge >= 0.3 is 0 Å². The van der Waals surface area contributed by atoms with Gasteiger partial charge in [0.1, 0.15) is 11.5 Å². The number of aromatic hydroxyl groups is 1. The van der Waals surface area contributed by atoms with Gasteiger partial charge in [0.05, 0.1) is 31.1 Å². The van der Waals surface area contributed by atoms with Crippen LogP contribution in [0.15, 0.2) is 54.7 Å². The van der Waals surface area contributed by atoms with Crippen LogP contribution in [-0.4, -0.2) is 28.1 Å². The molecule has 0 fully saturated rings. The van der Waals surface area contributed by atoms with E-state index in [4.69, 9.17) is 9.72 Å². The fraction of sp³-hybridized carbons (Fsp3) is 0.261. The van der Waals surface area contributed by atoms with Crippen LogP contribution < -0.4 is 10.1 Å². The number of carbonyl (C=O) groups excluding carboxylic acids is 1. The number of benzene rings is 2. The Labute approximate surface area is 170 Å². The van der Waals surface area contributed by atoms with Crippen molar-refractivity contribution in [1.82, 2.24) is 9.97 Å². The number of ether oxygens (including phenoxy) is 1. The van der Waals surface area contributed by atoms with Crippen LogP contribution in [-0.2, 0) is 17.6 Å². The molecule has 0 aliphatic heterocycles. The summed E-state index contributed by atoms with van der Waals surface area (Å²) in [6, 6.07) is 14.2. The molecule has 1 amide bonds. The van der Waals surface area contributed by atoms with E-state index in [9.17, 15) is 9.90 Å². The van der Waals surface area contributed by atoms with Gasteiger partial charge in [-0.3, -0.25) is 4.79 Å². The minimum atomic E-state index is -0.174. The van der Waals surface area contributed by atoms with Gasteiger partial charge in [0.15, 0.2) is 5.82 Å². The Morgan fingerprint density at radius 1 is 1.10 bits per heavy atom. The lowest BCUT2D eigenvalue weighted by Gasteiger charge is -2.13. The first-order valence-electron chi connectivity index (χ1n) is 9.52. The molecule has 2 aromatic carbocycles. The zero-order chi connectivity index (χ0) is 20.8. The highest BCUT2D eigenvalue weighted by atomic mass is 16.5. The third-order valence-electron chi connectivity index (χ3n) is 4.39. The highest BCUT2D eigenvalue weighted by molar-refractivity contribution is 5.92. The summed E-state index contributed by atoms with van der Waals surface area (Å²) in [6.07, 6.45) is 2.57. The standard InChI is InChI=1S/C23H25N3O3/c1-15(2)12-20-23(26-22(28)13-16-4-8-18(27)9-5-16)24-14-21(25-20)17-6-10-19(29-3)11-7-17/h4-11,14-15,27H,12-13H2,1-3H3,(H,24,26,28). The minimum absolute atomic E-state index is 0.174. The molecule has 0 radical (unpaired) electrons. The van der Waals surface area contributed by atoms with Crippen molar-refractivity contribution in [3.05, 3.63) is 66.0 Å². The van der Waals surface area contributed by atoms with Crippen molar-refractivity contribution in [3.63, 3.8) is 0 Å². The lowest BCUT2D eigenvalue weighted by atomic mass is 10.1. The monoisotopic (exact) mass is 391 g/mol. The second kappa shape index (κ2) is 9.19. The van der Waals surface area contributed by atoms with Crippen molar-refractivity contribution in [2.24, 2.45) is 5.92 Å². The van der Waals surface area contributed by atoms with E-state index in [0.717, 1.165) is 28.3 Å². The van der Waals surface area contributed by atoms with Crippen LogP contribution in [0.4, 0.5) is 5.82 Å². The number of hydrogen-bond acceptors (Lipinski definition) is 5. The number of hydrogen-bond donors (Lipinski definition) is 2. The SMILES string of the molecule is COc1ccc(-c2cnc(NC(=O)Cc3ccc(O)cc3)c(CC(C)C)n2)cc1. The fourth-order valence-electron chi connectivity index (χ4n) is 2.94. The average molecular weight is 391 g/mol. The van der Waals surface area contributed by atoms with Crippen LogP contribution in [0.3, 0.4) is 0 Å². The molecule has 0 saturated carbocycles. The molecule has 2 N–H and O–H groups in total. The van der Waals surface area contributed by atoms with E-state index in [2.05, 4.69) is 24.1 Å². The number of nitrogens with zero attached hydrogens (tertiary/aromatic N) is 2. The van der Waals surface area contributed by atoms with Crippen LogP contribution in [0, 0.1) is 5.92 Å². The van der Waals surface area contributed by atoms with Crippen LogP contribution >= 0.6 is 0 Å². The Hall–Kier alpha value is -3.41. The summed E-state index contributed by atoms with van der Waals surface area (Å²) in [5.41, 5.74) is 3.26. The quantitative estimate of drug-likeness (QED) is 0.629.